The summed E-state index contributed by atoms with van der Waals surface area (Å²) in [6.07, 6.45) is -0.476. The van der Waals surface area contributed by atoms with Crippen molar-refractivity contribution in [2.24, 2.45) is 0 Å². The predicted molar refractivity (Wildman–Crippen MR) is 54.3 cm³/mol. The third kappa shape index (κ3) is 1.80. The van der Waals surface area contributed by atoms with Crippen molar-refractivity contribution in [2.45, 2.75) is 18.6 Å². The van der Waals surface area contributed by atoms with E-state index in [0.717, 1.165) is 5.56 Å². The van der Waals surface area contributed by atoms with Crippen LogP contribution in [0.15, 0.2) is 30.3 Å². The minimum Gasteiger partial charge on any atom is -0.447 e. The number of ether oxygens (including phenoxy) is 1. The van der Waals surface area contributed by atoms with Gasteiger partial charge in [0.15, 0.2) is 0 Å². The Morgan fingerprint density at radius 2 is 2.13 bits per heavy atom. The molecule has 1 aromatic carbocycles. The van der Waals surface area contributed by atoms with Crippen molar-refractivity contribution in [1.82, 2.24) is 5.32 Å². The zero-order chi connectivity index (χ0) is 10.9. The molecule has 80 valence electrons. The molecular formula is C11H13NO3. The minimum atomic E-state index is -1.10. The maximum atomic E-state index is 10.9. The lowest BCUT2D eigenvalue weighted by Gasteiger charge is -2.28. The van der Waals surface area contributed by atoms with Crippen LogP contribution in [0.2, 0.25) is 0 Å². The van der Waals surface area contributed by atoms with Crippen LogP contribution in [0.5, 0.6) is 0 Å². The van der Waals surface area contributed by atoms with Crippen molar-refractivity contribution in [3.8, 4) is 0 Å². The topological polar surface area (TPSA) is 58.6 Å². The van der Waals surface area contributed by atoms with E-state index in [1.807, 2.05) is 30.3 Å². The van der Waals surface area contributed by atoms with Crippen LogP contribution in [0.1, 0.15) is 12.5 Å². The molecule has 0 aliphatic carbocycles. The number of cyclic esters (lactones) is 1. The van der Waals surface area contributed by atoms with Crippen LogP contribution < -0.4 is 5.32 Å². The lowest BCUT2D eigenvalue weighted by Crippen LogP contribution is -2.45. The molecule has 0 aromatic heterocycles. The lowest BCUT2D eigenvalue weighted by atomic mass is 9.89. The largest absolute Gasteiger partial charge is 0.447 e. The summed E-state index contributed by atoms with van der Waals surface area (Å²) in [6.45, 7) is 1.86. The summed E-state index contributed by atoms with van der Waals surface area (Å²) in [4.78, 5) is 10.9. The molecule has 0 saturated carbocycles. The molecule has 2 rings (SSSR count). The highest BCUT2D eigenvalue weighted by Crippen LogP contribution is 2.26. The average Bonchev–Trinajstić information content (AvgIpc) is 2.67. The van der Waals surface area contributed by atoms with Crippen molar-refractivity contribution < 1.29 is 14.6 Å². The summed E-state index contributed by atoms with van der Waals surface area (Å²) in [5, 5.41) is 12.9. The van der Waals surface area contributed by atoms with Crippen LogP contribution in [-0.4, -0.2) is 23.8 Å². The monoisotopic (exact) mass is 207 g/mol. The number of hydrogen-bond acceptors (Lipinski definition) is 3. The van der Waals surface area contributed by atoms with Crippen LogP contribution >= 0.6 is 0 Å². The molecule has 2 N–H and O–H groups in total. The van der Waals surface area contributed by atoms with Crippen LogP contribution in [0.4, 0.5) is 4.79 Å². The maximum Gasteiger partial charge on any atom is 0.407 e. The third-order valence-electron chi connectivity index (χ3n) is 2.71. The van der Waals surface area contributed by atoms with Crippen LogP contribution in [0.3, 0.4) is 0 Å². The number of carbonyl (C=O) groups is 1. The zero-order valence-corrected chi connectivity index (χ0v) is 8.43. The molecular weight excluding hydrogens is 194 g/mol. The van der Waals surface area contributed by atoms with Crippen molar-refractivity contribution in [1.29, 1.82) is 0 Å². The molecule has 1 amide bonds. The minimum absolute atomic E-state index is 0.195. The Hall–Kier alpha value is -1.55. The first-order chi connectivity index (χ1) is 7.10. The van der Waals surface area contributed by atoms with Crippen LogP contribution in [0.25, 0.3) is 0 Å². The molecule has 4 nitrogen and oxygen atoms in total. The van der Waals surface area contributed by atoms with Gasteiger partial charge in [0.2, 0.25) is 0 Å². The fraction of sp³-hybridized carbons (Fsp3) is 0.364. The average molecular weight is 207 g/mol. The van der Waals surface area contributed by atoms with Gasteiger partial charge in [-0.1, -0.05) is 30.3 Å². The van der Waals surface area contributed by atoms with Crippen LogP contribution in [-0.2, 0) is 10.3 Å². The summed E-state index contributed by atoms with van der Waals surface area (Å²) in [5.74, 6) is 0. The fourth-order valence-electron chi connectivity index (χ4n) is 1.66. The number of carbonyl (C=O) groups excluding carboxylic acids is 1. The normalized spacial score (nSPS) is 24.1. The van der Waals surface area contributed by atoms with Gasteiger partial charge in [-0.2, -0.15) is 0 Å². The van der Waals surface area contributed by atoms with Gasteiger partial charge in [-0.25, -0.2) is 4.79 Å². The molecule has 4 heteroatoms. The number of hydrogen-bond donors (Lipinski definition) is 2. The fourth-order valence-corrected chi connectivity index (χ4v) is 1.66. The molecule has 2 unspecified atom stereocenters. The number of benzene rings is 1. The quantitative estimate of drug-likeness (QED) is 0.760. The van der Waals surface area contributed by atoms with E-state index < -0.39 is 17.7 Å². The number of aliphatic hydroxyl groups is 1. The van der Waals surface area contributed by atoms with Gasteiger partial charge in [0.05, 0.1) is 6.04 Å². The number of nitrogens with one attached hydrogen (secondary N) is 1. The van der Waals surface area contributed by atoms with Crippen LogP contribution in [0, 0.1) is 0 Å². The van der Waals surface area contributed by atoms with E-state index in [0.29, 0.717) is 0 Å². The first kappa shape index (κ1) is 9.98. The zero-order valence-electron chi connectivity index (χ0n) is 8.43. The highest BCUT2D eigenvalue weighted by atomic mass is 16.6. The van der Waals surface area contributed by atoms with E-state index in [1.54, 1.807) is 6.92 Å². The molecule has 1 heterocycles. The molecule has 1 aliphatic heterocycles. The molecule has 15 heavy (non-hydrogen) atoms. The predicted octanol–water partition coefficient (Wildman–Crippen LogP) is 1.00. The second-order valence-corrected chi connectivity index (χ2v) is 3.81. The Labute approximate surface area is 87.9 Å². The first-order valence-corrected chi connectivity index (χ1v) is 4.82. The van der Waals surface area contributed by atoms with Gasteiger partial charge in [-0.15, -0.1) is 0 Å². The summed E-state index contributed by atoms with van der Waals surface area (Å²) in [6, 6.07) is 8.83. The van der Waals surface area contributed by atoms with E-state index in [9.17, 15) is 9.90 Å². The van der Waals surface area contributed by atoms with Gasteiger partial charge >= 0.3 is 6.09 Å². The Balaban J connectivity index is 2.23. The Morgan fingerprint density at radius 1 is 1.47 bits per heavy atom. The summed E-state index contributed by atoms with van der Waals surface area (Å²) >= 11 is 0. The standard InChI is InChI=1S/C11H13NO3/c1-11(14,8-5-3-2-4-6-8)9-7-15-10(13)12-9/h2-6,9,14H,7H2,1H3,(H,12,13). The third-order valence-corrected chi connectivity index (χ3v) is 2.71. The van der Waals surface area contributed by atoms with Gasteiger partial charge in [0.25, 0.3) is 0 Å². The van der Waals surface area contributed by atoms with E-state index in [4.69, 9.17) is 4.74 Å². The summed E-state index contributed by atoms with van der Waals surface area (Å²) in [7, 11) is 0. The summed E-state index contributed by atoms with van der Waals surface area (Å²) < 4.78 is 4.76. The van der Waals surface area contributed by atoms with E-state index in [1.165, 1.54) is 0 Å². The molecule has 0 spiro atoms. The van der Waals surface area contributed by atoms with Gasteiger partial charge < -0.3 is 15.2 Å². The van der Waals surface area contributed by atoms with E-state index >= 15 is 0 Å². The summed E-state index contributed by atoms with van der Waals surface area (Å²) in [5.41, 5.74) is -0.339. The highest BCUT2D eigenvalue weighted by molar-refractivity contribution is 5.70. The second-order valence-electron chi connectivity index (χ2n) is 3.81. The molecule has 1 saturated heterocycles. The molecule has 2 atom stereocenters. The SMILES string of the molecule is CC(O)(c1ccccc1)C1COC(=O)N1. The number of alkyl carbamates (subject to hydrolysis) is 1. The Kier molecular flexibility index (Phi) is 2.36. The van der Waals surface area contributed by atoms with Gasteiger partial charge in [-0.05, 0) is 12.5 Å². The van der Waals surface area contributed by atoms with Gasteiger partial charge in [-0.3, -0.25) is 0 Å². The van der Waals surface area contributed by atoms with Crippen molar-refractivity contribution >= 4 is 6.09 Å². The van der Waals surface area contributed by atoms with Crippen molar-refractivity contribution in [3.05, 3.63) is 35.9 Å². The molecule has 1 fully saturated rings. The van der Waals surface area contributed by atoms with E-state index in [2.05, 4.69) is 5.32 Å². The molecule has 1 aromatic rings. The highest BCUT2D eigenvalue weighted by Gasteiger charge is 2.39. The maximum absolute atomic E-state index is 10.9. The smallest absolute Gasteiger partial charge is 0.407 e. The van der Waals surface area contributed by atoms with Crippen molar-refractivity contribution in [2.75, 3.05) is 6.61 Å². The molecule has 1 aliphatic rings. The Bertz CT molecular complexity index is 361. The van der Waals surface area contributed by atoms with Gasteiger partial charge in [0.1, 0.15) is 12.2 Å². The second kappa shape index (κ2) is 3.55. The number of rotatable bonds is 2. The molecule has 0 bridgehead atoms. The number of amides is 1. The van der Waals surface area contributed by atoms with Gasteiger partial charge in [0, 0.05) is 0 Å². The van der Waals surface area contributed by atoms with E-state index in [-0.39, 0.29) is 6.61 Å². The Morgan fingerprint density at radius 3 is 2.67 bits per heavy atom. The first-order valence-electron chi connectivity index (χ1n) is 4.82. The lowest BCUT2D eigenvalue weighted by molar-refractivity contribution is 0.0182. The molecule has 0 radical (unpaired) electrons. The van der Waals surface area contributed by atoms with Crippen molar-refractivity contribution in [3.63, 3.8) is 0 Å².